The molecule has 0 fully saturated rings. The highest BCUT2D eigenvalue weighted by Gasteiger charge is 2.15. The van der Waals surface area contributed by atoms with Crippen molar-refractivity contribution in [3.8, 4) is 0 Å². The van der Waals surface area contributed by atoms with Crippen molar-refractivity contribution >= 4 is 22.6 Å². The molecule has 8 nitrogen and oxygen atoms in total. The van der Waals surface area contributed by atoms with Crippen molar-refractivity contribution in [1.82, 2.24) is 15.4 Å². The molecule has 0 atom stereocenters. The van der Waals surface area contributed by atoms with Crippen molar-refractivity contribution < 1.29 is 4.52 Å². The second-order valence-electron chi connectivity index (χ2n) is 2.66. The minimum Gasteiger partial charge on any atom is -0.352 e. The highest BCUT2D eigenvalue weighted by molar-refractivity contribution is 5.95. The first-order valence-electron chi connectivity index (χ1n) is 3.83. The fourth-order valence-electron chi connectivity index (χ4n) is 1.20. The van der Waals surface area contributed by atoms with Crippen molar-refractivity contribution in [2.75, 3.05) is 10.9 Å². The van der Waals surface area contributed by atoms with Crippen LogP contribution in [-0.4, -0.2) is 15.4 Å². The lowest BCUT2D eigenvalue weighted by Gasteiger charge is -2.01. The molecule has 0 spiro atoms. The first kappa shape index (κ1) is 8.66. The summed E-state index contributed by atoms with van der Waals surface area (Å²) in [6.45, 7) is 1.77. The van der Waals surface area contributed by atoms with Crippen molar-refractivity contribution in [2.45, 2.75) is 6.92 Å². The predicted molar refractivity (Wildman–Crippen MR) is 50.0 cm³/mol. The van der Waals surface area contributed by atoms with E-state index in [4.69, 9.17) is 16.2 Å². The zero-order chi connectivity index (χ0) is 10.1. The van der Waals surface area contributed by atoms with Gasteiger partial charge in [0, 0.05) is 0 Å². The third-order valence-electron chi connectivity index (χ3n) is 1.84. The van der Waals surface area contributed by atoms with Crippen LogP contribution in [0.3, 0.4) is 0 Å². The van der Waals surface area contributed by atoms with Crippen molar-refractivity contribution in [3.05, 3.63) is 5.69 Å². The molecule has 14 heavy (non-hydrogen) atoms. The number of nitrogen functional groups attached to an aromatic ring is 2. The monoisotopic (exact) mass is 195 g/mol. The minimum absolute atomic E-state index is 0.319. The molecule has 0 aliphatic heterocycles. The molecule has 2 rings (SSSR count). The summed E-state index contributed by atoms with van der Waals surface area (Å²) in [5.41, 5.74) is 5.85. The molecule has 0 radical (unpaired) electrons. The molecule has 0 aromatic carbocycles. The van der Waals surface area contributed by atoms with E-state index in [1.165, 1.54) is 0 Å². The lowest BCUT2D eigenvalue weighted by molar-refractivity contribution is 0.450. The fourth-order valence-corrected chi connectivity index (χ4v) is 1.20. The van der Waals surface area contributed by atoms with Gasteiger partial charge in [-0.15, -0.1) is 10.2 Å². The largest absolute Gasteiger partial charge is 0.352 e. The minimum atomic E-state index is 0.319. The number of aryl methyl sites for hydroxylation is 1. The normalized spacial score (nSPS) is 10.5. The quantitative estimate of drug-likeness (QED) is 0.373. The average Bonchev–Trinajstić information content (AvgIpc) is 2.60. The number of rotatable bonds is 2. The molecule has 8 heteroatoms. The van der Waals surface area contributed by atoms with E-state index in [0.717, 1.165) is 0 Å². The van der Waals surface area contributed by atoms with Crippen LogP contribution in [0.4, 0.5) is 11.6 Å². The summed E-state index contributed by atoms with van der Waals surface area (Å²) in [5, 5.41) is 12.0. The molecule has 0 amide bonds. The zero-order valence-corrected chi connectivity index (χ0v) is 7.40. The summed E-state index contributed by atoms with van der Waals surface area (Å²) >= 11 is 0. The van der Waals surface area contributed by atoms with E-state index in [1.54, 1.807) is 6.92 Å². The van der Waals surface area contributed by atoms with Crippen molar-refractivity contribution in [3.63, 3.8) is 0 Å². The topological polar surface area (TPSA) is 128 Å². The maximum atomic E-state index is 5.26. The van der Waals surface area contributed by atoms with Crippen LogP contribution in [0.15, 0.2) is 4.52 Å². The smallest absolute Gasteiger partial charge is 0.216 e. The van der Waals surface area contributed by atoms with Gasteiger partial charge in [-0.05, 0) is 6.92 Å². The molecule has 2 heterocycles. The second-order valence-corrected chi connectivity index (χ2v) is 2.66. The molecule has 74 valence electrons. The number of nitrogens with zero attached hydrogens (tertiary/aromatic N) is 3. The third-order valence-corrected chi connectivity index (χ3v) is 1.84. The zero-order valence-electron chi connectivity index (χ0n) is 7.40. The van der Waals surface area contributed by atoms with E-state index in [-0.39, 0.29) is 0 Å². The average molecular weight is 195 g/mol. The molecule has 0 unspecified atom stereocenters. The summed E-state index contributed by atoms with van der Waals surface area (Å²) in [4.78, 5) is 0. The number of hydrazine groups is 2. The maximum Gasteiger partial charge on any atom is 0.216 e. The van der Waals surface area contributed by atoms with Gasteiger partial charge in [-0.1, -0.05) is 5.16 Å². The Hall–Kier alpha value is -1.93. The van der Waals surface area contributed by atoms with E-state index < -0.39 is 0 Å². The summed E-state index contributed by atoms with van der Waals surface area (Å²) in [5.74, 6) is 11.2. The van der Waals surface area contributed by atoms with Crippen LogP contribution in [0.5, 0.6) is 0 Å². The Morgan fingerprint density at radius 2 is 1.79 bits per heavy atom. The van der Waals surface area contributed by atoms with Gasteiger partial charge in [0.1, 0.15) is 0 Å². The molecule has 2 aromatic heterocycles. The fraction of sp³-hybridized carbons (Fsp3) is 0.167. The molecule has 0 saturated heterocycles. The lowest BCUT2D eigenvalue weighted by atomic mass is 10.2. The number of hydrogen-bond acceptors (Lipinski definition) is 8. The number of fused-ring (bicyclic) bond motifs is 1. The number of aromatic nitrogens is 3. The lowest BCUT2D eigenvalue weighted by Crippen LogP contribution is -2.13. The highest BCUT2D eigenvalue weighted by Crippen LogP contribution is 2.27. The first-order chi connectivity index (χ1) is 6.77. The molecule has 2 aromatic rings. The third kappa shape index (κ3) is 1.05. The van der Waals surface area contributed by atoms with Gasteiger partial charge < -0.3 is 15.4 Å². The Balaban J connectivity index is 2.81. The van der Waals surface area contributed by atoms with Crippen LogP contribution in [0, 0.1) is 6.92 Å². The van der Waals surface area contributed by atoms with E-state index in [9.17, 15) is 0 Å². The van der Waals surface area contributed by atoms with E-state index in [0.29, 0.717) is 28.3 Å². The Morgan fingerprint density at radius 1 is 1.14 bits per heavy atom. The SMILES string of the molecule is Cc1noc2c(NN)nnc(NN)c12. The van der Waals surface area contributed by atoms with Gasteiger partial charge in [-0.2, -0.15) is 0 Å². The van der Waals surface area contributed by atoms with Gasteiger partial charge in [-0.25, -0.2) is 11.7 Å². The summed E-state index contributed by atoms with van der Waals surface area (Å²) < 4.78 is 5.02. The standard InChI is InChI=1S/C6H9N7O/c1-2-3-4(14-13-2)6(10-8)12-11-5(3)9-7/h7-8H2,1H3,(H,9,11)(H,10,12). The van der Waals surface area contributed by atoms with Crippen LogP contribution >= 0.6 is 0 Å². The van der Waals surface area contributed by atoms with E-state index in [1.807, 2.05) is 0 Å². The van der Waals surface area contributed by atoms with Gasteiger partial charge in [0.15, 0.2) is 5.82 Å². The maximum absolute atomic E-state index is 5.26. The van der Waals surface area contributed by atoms with Crippen LogP contribution in [0.2, 0.25) is 0 Å². The summed E-state index contributed by atoms with van der Waals surface area (Å²) in [6.07, 6.45) is 0. The summed E-state index contributed by atoms with van der Waals surface area (Å²) in [7, 11) is 0. The molecule has 0 aliphatic carbocycles. The number of nitrogens with one attached hydrogen (secondary N) is 2. The highest BCUT2D eigenvalue weighted by atomic mass is 16.5. The van der Waals surface area contributed by atoms with Crippen LogP contribution in [0.25, 0.3) is 11.0 Å². The van der Waals surface area contributed by atoms with Gasteiger partial charge in [0.05, 0.1) is 11.1 Å². The Kier molecular flexibility index (Phi) is 1.91. The molecular weight excluding hydrogens is 186 g/mol. The van der Waals surface area contributed by atoms with Crippen LogP contribution < -0.4 is 22.5 Å². The Labute approximate surface area is 78.6 Å². The van der Waals surface area contributed by atoms with Crippen molar-refractivity contribution in [1.29, 1.82) is 0 Å². The van der Waals surface area contributed by atoms with Gasteiger partial charge in [-0.3, -0.25) is 0 Å². The molecular formula is C6H9N7O. The van der Waals surface area contributed by atoms with Gasteiger partial charge >= 0.3 is 0 Å². The molecule has 6 N–H and O–H groups in total. The van der Waals surface area contributed by atoms with E-state index >= 15 is 0 Å². The number of nitrogens with two attached hydrogens (primary N) is 2. The molecule has 0 saturated carbocycles. The number of anilines is 2. The number of hydrogen-bond donors (Lipinski definition) is 4. The van der Waals surface area contributed by atoms with Gasteiger partial charge in [0.2, 0.25) is 11.4 Å². The Bertz CT molecular complexity index is 464. The van der Waals surface area contributed by atoms with Crippen LogP contribution in [0.1, 0.15) is 5.69 Å². The van der Waals surface area contributed by atoms with Crippen LogP contribution in [-0.2, 0) is 0 Å². The van der Waals surface area contributed by atoms with Gasteiger partial charge in [0.25, 0.3) is 0 Å². The molecule has 0 aliphatic rings. The predicted octanol–water partition coefficient (Wildman–Crippen LogP) is -0.503. The summed E-state index contributed by atoms with van der Waals surface area (Å²) in [6, 6.07) is 0. The second kappa shape index (κ2) is 3.09. The Morgan fingerprint density at radius 3 is 2.43 bits per heavy atom. The van der Waals surface area contributed by atoms with Crippen molar-refractivity contribution in [2.24, 2.45) is 11.7 Å². The first-order valence-corrected chi connectivity index (χ1v) is 3.83. The molecule has 0 bridgehead atoms. The van der Waals surface area contributed by atoms with E-state index in [2.05, 4.69) is 26.2 Å².